The summed E-state index contributed by atoms with van der Waals surface area (Å²) < 4.78 is 4.00. The molecule has 0 aliphatic heterocycles. The first-order chi connectivity index (χ1) is 8.84. The Bertz CT molecular complexity index is 471. The molecular formula is C12H19N3O3S. The number of aryl methyl sites for hydroxylation is 1. The number of hydrogen-bond acceptors (Lipinski definition) is 5. The SMILES string of the molecule is Cc1nsc(N(C)C(=O)CCNC(C)C)c1C(=O)O. The molecule has 1 rings (SSSR count). The van der Waals surface area contributed by atoms with Crippen LogP contribution in [0.5, 0.6) is 0 Å². The maximum Gasteiger partial charge on any atom is 0.340 e. The van der Waals surface area contributed by atoms with Crippen LogP contribution in [-0.2, 0) is 4.79 Å². The van der Waals surface area contributed by atoms with E-state index in [1.807, 2.05) is 13.8 Å². The number of rotatable bonds is 6. The predicted octanol–water partition coefficient (Wildman–Crippen LogP) is 1.50. The van der Waals surface area contributed by atoms with E-state index in [1.165, 1.54) is 4.90 Å². The number of aromatic carboxylic acids is 1. The van der Waals surface area contributed by atoms with Crippen LogP contribution in [0.15, 0.2) is 0 Å². The quantitative estimate of drug-likeness (QED) is 0.827. The number of hydrogen-bond donors (Lipinski definition) is 2. The van der Waals surface area contributed by atoms with Crippen LogP contribution in [-0.4, -0.2) is 41.0 Å². The van der Waals surface area contributed by atoms with Gasteiger partial charge in [0.1, 0.15) is 10.6 Å². The van der Waals surface area contributed by atoms with Crippen molar-refractivity contribution in [2.45, 2.75) is 33.2 Å². The molecule has 106 valence electrons. The topological polar surface area (TPSA) is 82.5 Å². The van der Waals surface area contributed by atoms with Gasteiger partial charge in [-0.1, -0.05) is 13.8 Å². The van der Waals surface area contributed by atoms with Crippen LogP contribution in [0.3, 0.4) is 0 Å². The molecule has 2 N–H and O–H groups in total. The highest BCUT2D eigenvalue weighted by atomic mass is 32.1. The summed E-state index contributed by atoms with van der Waals surface area (Å²) in [5.74, 6) is -1.18. The molecular weight excluding hydrogens is 266 g/mol. The van der Waals surface area contributed by atoms with Crippen LogP contribution in [0, 0.1) is 6.92 Å². The molecule has 1 amide bonds. The fourth-order valence-corrected chi connectivity index (χ4v) is 2.45. The van der Waals surface area contributed by atoms with Gasteiger partial charge in [-0.15, -0.1) is 0 Å². The predicted molar refractivity (Wildman–Crippen MR) is 75.0 cm³/mol. The summed E-state index contributed by atoms with van der Waals surface area (Å²) in [5.41, 5.74) is 0.546. The zero-order valence-electron chi connectivity index (χ0n) is 11.6. The summed E-state index contributed by atoms with van der Waals surface area (Å²) >= 11 is 1.03. The third-order valence-electron chi connectivity index (χ3n) is 2.63. The Balaban J connectivity index is 2.74. The van der Waals surface area contributed by atoms with Gasteiger partial charge in [0.05, 0.1) is 5.69 Å². The summed E-state index contributed by atoms with van der Waals surface area (Å²) in [5, 5.41) is 12.7. The zero-order chi connectivity index (χ0) is 14.6. The van der Waals surface area contributed by atoms with E-state index in [-0.39, 0.29) is 11.5 Å². The molecule has 0 aliphatic carbocycles. The molecule has 1 heterocycles. The summed E-state index contributed by atoms with van der Waals surface area (Å²) in [7, 11) is 1.58. The lowest BCUT2D eigenvalue weighted by atomic mass is 10.2. The number of carbonyl (C=O) groups is 2. The van der Waals surface area contributed by atoms with Gasteiger partial charge in [0.2, 0.25) is 5.91 Å². The Kier molecular flexibility index (Phi) is 5.44. The average molecular weight is 285 g/mol. The Hall–Kier alpha value is -1.47. The van der Waals surface area contributed by atoms with Gasteiger partial charge in [-0.3, -0.25) is 4.79 Å². The minimum Gasteiger partial charge on any atom is -0.478 e. The fourth-order valence-electron chi connectivity index (χ4n) is 1.58. The van der Waals surface area contributed by atoms with Crippen LogP contribution >= 0.6 is 11.5 Å². The van der Waals surface area contributed by atoms with E-state index in [2.05, 4.69) is 9.69 Å². The lowest BCUT2D eigenvalue weighted by Crippen LogP contribution is -2.32. The first kappa shape index (κ1) is 15.6. The van der Waals surface area contributed by atoms with Crippen molar-refractivity contribution in [3.8, 4) is 0 Å². The number of amides is 1. The van der Waals surface area contributed by atoms with Crippen LogP contribution in [0.1, 0.15) is 36.3 Å². The number of carbonyl (C=O) groups excluding carboxylic acids is 1. The Morgan fingerprint density at radius 1 is 1.47 bits per heavy atom. The van der Waals surface area contributed by atoms with Crippen LogP contribution in [0.4, 0.5) is 5.00 Å². The lowest BCUT2D eigenvalue weighted by Gasteiger charge is -2.16. The van der Waals surface area contributed by atoms with Crippen molar-refractivity contribution in [1.29, 1.82) is 0 Å². The van der Waals surface area contributed by atoms with E-state index >= 15 is 0 Å². The number of nitrogens with zero attached hydrogens (tertiary/aromatic N) is 2. The molecule has 0 saturated carbocycles. The van der Waals surface area contributed by atoms with Gasteiger partial charge in [0.15, 0.2) is 0 Å². The molecule has 1 aromatic rings. The Morgan fingerprint density at radius 3 is 2.63 bits per heavy atom. The number of aromatic nitrogens is 1. The standard InChI is InChI=1S/C12H19N3O3S/c1-7(2)13-6-5-9(16)15(4)11-10(12(17)18)8(3)14-19-11/h7,13H,5-6H2,1-4H3,(H,17,18). The van der Waals surface area contributed by atoms with E-state index in [9.17, 15) is 9.59 Å². The molecule has 0 aromatic carbocycles. The molecule has 0 bridgehead atoms. The van der Waals surface area contributed by atoms with Crippen molar-refractivity contribution in [1.82, 2.24) is 9.69 Å². The summed E-state index contributed by atoms with van der Waals surface area (Å²) in [6, 6.07) is 0.318. The van der Waals surface area contributed by atoms with E-state index in [1.54, 1.807) is 14.0 Å². The molecule has 0 atom stereocenters. The molecule has 1 aromatic heterocycles. The second-order valence-electron chi connectivity index (χ2n) is 4.56. The van der Waals surface area contributed by atoms with Crippen molar-refractivity contribution in [3.05, 3.63) is 11.3 Å². The van der Waals surface area contributed by atoms with Gasteiger partial charge < -0.3 is 15.3 Å². The monoisotopic (exact) mass is 285 g/mol. The molecule has 0 fully saturated rings. The van der Waals surface area contributed by atoms with E-state index in [4.69, 9.17) is 5.11 Å². The molecule has 19 heavy (non-hydrogen) atoms. The van der Waals surface area contributed by atoms with Crippen molar-refractivity contribution in [2.75, 3.05) is 18.5 Å². The molecule has 0 spiro atoms. The number of anilines is 1. The smallest absolute Gasteiger partial charge is 0.340 e. The fraction of sp³-hybridized carbons (Fsp3) is 0.583. The average Bonchev–Trinajstić information content (AvgIpc) is 2.69. The van der Waals surface area contributed by atoms with Crippen LogP contribution < -0.4 is 10.2 Å². The maximum atomic E-state index is 12.0. The largest absolute Gasteiger partial charge is 0.478 e. The third kappa shape index (κ3) is 4.00. The van der Waals surface area contributed by atoms with Crippen molar-refractivity contribution < 1.29 is 14.7 Å². The van der Waals surface area contributed by atoms with Crippen LogP contribution in [0.2, 0.25) is 0 Å². The first-order valence-corrected chi connectivity index (χ1v) is 6.81. The van der Waals surface area contributed by atoms with E-state index in [0.717, 1.165) is 11.5 Å². The molecule has 7 heteroatoms. The number of nitrogens with one attached hydrogen (secondary N) is 1. The molecule has 6 nitrogen and oxygen atoms in total. The minimum absolute atomic E-state index is 0.109. The summed E-state index contributed by atoms with van der Waals surface area (Å²) in [6.45, 7) is 6.20. The first-order valence-electron chi connectivity index (χ1n) is 6.04. The number of carboxylic acids is 1. The van der Waals surface area contributed by atoms with Gasteiger partial charge in [0, 0.05) is 26.1 Å². The molecule has 0 unspecified atom stereocenters. The molecule has 0 saturated heterocycles. The van der Waals surface area contributed by atoms with Crippen molar-refractivity contribution in [3.63, 3.8) is 0 Å². The van der Waals surface area contributed by atoms with Crippen molar-refractivity contribution in [2.24, 2.45) is 0 Å². The van der Waals surface area contributed by atoms with Gasteiger partial charge in [-0.25, -0.2) is 4.79 Å². The molecule has 0 radical (unpaired) electrons. The lowest BCUT2D eigenvalue weighted by molar-refractivity contribution is -0.118. The summed E-state index contributed by atoms with van der Waals surface area (Å²) in [4.78, 5) is 24.5. The van der Waals surface area contributed by atoms with Gasteiger partial charge in [-0.2, -0.15) is 4.37 Å². The highest BCUT2D eigenvalue weighted by Crippen LogP contribution is 2.28. The van der Waals surface area contributed by atoms with E-state index < -0.39 is 5.97 Å². The van der Waals surface area contributed by atoms with Gasteiger partial charge in [0.25, 0.3) is 0 Å². The highest BCUT2D eigenvalue weighted by Gasteiger charge is 2.23. The van der Waals surface area contributed by atoms with Gasteiger partial charge in [-0.05, 0) is 18.5 Å². The van der Waals surface area contributed by atoms with E-state index in [0.29, 0.717) is 29.7 Å². The highest BCUT2D eigenvalue weighted by molar-refractivity contribution is 7.11. The number of carboxylic acid groups (broad SMARTS) is 1. The normalized spacial score (nSPS) is 10.8. The Labute approximate surface area is 116 Å². The maximum absolute atomic E-state index is 12.0. The van der Waals surface area contributed by atoms with Gasteiger partial charge >= 0.3 is 5.97 Å². The second kappa shape index (κ2) is 6.63. The van der Waals surface area contributed by atoms with Crippen molar-refractivity contribution >= 4 is 28.4 Å². The zero-order valence-corrected chi connectivity index (χ0v) is 12.4. The minimum atomic E-state index is -1.05. The summed E-state index contributed by atoms with van der Waals surface area (Å²) in [6.07, 6.45) is 0.324. The Morgan fingerprint density at radius 2 is 2.11 bits per heavy atom. The molecule has 0 aliphatic rings. The van der Waals surface area contributed by atoms with Crippen LogP contribution in [0.25, 0.3) is 0 Å². The third-order valence-corrected chi connectivity index (χ3v) is 3.64. The second-order valence-corrected chi connectivity index (χ2v) is 5.32.